The number of allylic oxidation sites excluding steroid dienone is 3. The molecular formula is C30H30N6O2S2. The van der Waals surface area contributed by atoms with Crippen molar-refractivity contribution in [1.82, 2.24) is 10.2 Å². The summed E-state index contributed by atoms with van der Waals surface area (Å²) < 4.78 is 0.588. The van der Waals surface area contributed by atoms with Crippen LogP contribution in [0.1, 0.15) is 49.3 Å². The van der Waals surface area contributed by atoms with Crippen LogP contribution in [0.15, 0.2) is 75.5 Å². The second kappa shape index (κ2) is 10.9. The maximum absolute atomic E-state index is 13.7. The molecule has 0 saturated heterocycles. The smallest absolute Gasteiger partial charge is 0.234 e. The number of benzene rings is 2. The Hall–Kier alpha value is -3.94. The molecule has 0 bridgehead atoms. The van der Waals surface area contributed by atoms with Gasteiger partial charge < -0.3 is 11.1 Å². The summed E-state index contributed by atoms with van der Waals surface area (Å²) in [5, 5.41) is 22.3. The van der Waals surface area contributed by atoms with Gasteiger partial charge in [-0.15, -0.1) is 10.2 Å². The maximum Gasteiger partial charge on any atom is 0.234 e. The molecule has 1 aromatic heterocycles. The largest absolute Gasteiger partial charge is 0.384 e. The van der Waals surface area contributed by atoms with Gasteiger partial charge in [-0.25, -0.2) is 0 Å². The third-order valence-electron chi connectivity index (χ3n) is 7.01. The van der Waals surface area contributed by atoms with Crippen LogP contribution in [-0.2, 0) is 9.59 Å². The van der Waals surface area contributed by atoms with E-state index in [1.807, 2.05) is 62.4 Å². The molecule has 5 rings (SSSR count). The third kappa shape index (κ3) is 5.53. The van der Waals surface area contributed by atoms with E-state index in [0.29, 0.717) is 33.5 Å². The SMILES string of the molecule is Cc1ccc(NC(=O)CSc2nnc(N3C(N)=C(C#N)C(c4cccc(C)c4)C4=C3CC(C)(C)CC4=O)s2)cc1. The molecule has 2 aliphatic rings. The summed E-state index contributed by atoms with van der Waals surface area (Å²) in [6.07, 6.45) is 0.977. The number of nitrogens with two attached hydrogens (primary N) is 1. The van der Waals surface area contributed by atoms with Gasteiger partial charge in [-0.3, -0.25) is 14.5 Å². The summed E-state index contributed by atoms with van der Waals surface area (Å²) in [4.78, 5) is 27.9. The maximum atomic E-state index is 13.7. The van der Waals surface area contributed by atoms with E-state index in [-0.39, 0.29) is 28.7 Å². The van der Waals surface area contributed by atoms with Crippen molar-refractivity contribution in [3.8, 4) is 6.07 Å². The molecule has 10 heteroatoms. The van der Waals surface area contributed by atoms with Crippen molar-refractivity contribution in [3.05, 3.63) is 87.9 Å². The van der Waals surface area contributed by atoms with E-state index in [4.69, 9.17) is 5.73 Å². The summed E-state index contributed by atoms with van der Waals surface area (Å²) in [5.74, 6) is -0.267. The number of rotatable bonds is 6. The molecule has 0 fully saturated rings. The monoisotopic (exact) mass is 570 g/mol. The van der Waals surface area contributed by atoms with Gasteiger partial charge >= 0.3 is 0 Å². The number of nitriles is 1. The zero-order valence-electron chi connectivity index (χ0n) is 22.8. The highest BCUT2D eigenvalue weighted by molar-refractivity contribution is 8.01. The Kier molecular flexibility index (Phi) is 7.53. The van der Waals surface area contributed by atoms with Gasteiger partial charge in [0.2, 0.25) is 11.0 Å². The molecule has 1 atom stereocenters. The fourth-order valence-corrected chi connectivity index (χ4v) is 6.90. The topological polar surface area (TPSA) is 125 Å². The fraction of sp³-hybridized carbons (Fsp3) is 0.300. The zero-order valence-corrected chi connectivity index (χ0v) is 24.4. The lowest BCUT2D eigenvalue weighted by molar-refractivity contribution is -0.118. The Morgan fingerprint density at radius 3 is 2.62 bits per heavy atom. The lowest BCUT2D eigenvalue weighted by Gasteiger charge is -2.42. The van der Waals surface area contributed by atoms with Crippen molar-refractivity contribution in [2.24, 2.45) is 11.1 Å². The molecule has 1 amide bonds. The minimum absolute atomic E-state index is 0.00916. The summed E-state index contributed by atoms with van der Waals surface area (Å²) >= 11 is 2.55. The highest BCUT2D eigenvalue weighted by atomic mass is 32.2. The first kappa shape index (κ1) is 27.6. The number of nitrogens with one attached hydrogen (secondary N) is 1. The van der Waals surface area contributed by atoms with Gasteiger partial charge in [0, 0.05) is 23.4 Å². The number of anilines is 2. The summed E-state index contributed by atoms with van der Waals surface area (Å²) in [6, 6.07) is 17.8. The van der Waals surface area contributed by atoms with Crippen LogP contribution in [0.25, 0.3) is 0 Å². The van der Waals surface area contributed by atoms with Crippen LogP contribution in [0.5, 0.6) is 0 Å². The van der Waals surface area contributed by atoms with Crippen LogP contribution in [0.4, 0.5) is 10.8 Å². The van der Waals surface area contributed by atoms with E-state index in [1.54, 1.807) is 4.90 Å². The Morgan fingerprint density at radius 2 is 1.93 bits per heavy atom. The van der Waals surface area contributed by atoms with Gasteiger partial charge in [-0.2, -0.15) is 5.26 Å². The molecule has 1 unspecified atom stereocenters. The number of aryl methyl sites for hydroxylation is 2. The molecule has 40 heavy (non-hydrogen) atoms. The molecule has 3 N–H and O–H groups in total. The van der Waals surface area contributed by atoms with Gasteiger partial charge in [0.1, 0.15) is 5.82 Å². The second-order valence-corrected chi connectivity index (χ2v) is 13.1. The third-order valence-corrected chi connectivity index (χ3v) is 9.05. The highest BCUT2D eigenvalue weighted by Gasteiger charge is 2.45. The van der Waals surface area contributed by atoms with Crippen molar-refractivity contribution < 1.29 is 9.59 Å². The van der Waals surface area contributed by atoms with Gasteiger partial charge in [-0.1, -0.05) is 84.5 Å². The van der Waals surface area contributed by atoms with Gasteiger partial charge in [0.15, 0.2) is 10.1 Å². The number of aromatic nitrogens is 2. The van der Waals surface area contributed by atoms with Crippen LogP contribution in [0, 0.1) is 30.6 Å². The second-order valence-electron chi connectivity index (χ2n) is 10.9. The van der Waals surface area contributed by atoms with Crippen molar-refractivity contribution >= 4 is 45.6 Å². The molecule has 8 nitrogen and oxygen atoms in total. The van der Waals surface area contributed by atoms with Crippen molar-refractivity contribution in [2.45, 2.75) is 50.8 Å². The Morgan fingerprint density at radius 1 is 1.18 bits per heavy atom. The van der Waals surface area contributed by atoms with Crippen LogP contribution in [-0.4, -0.2) is 27.6 Å². The molecule has 1 aliphatic carbocycles. The van der Waals surface area contributed by atoms with E-state index in [0.717, 1.165) is 28.1 Å². The molecule has 2 aromatic carbocycles. The minimum atomic E-state index is -0.535. The Balaban J connectivity index is 1.46. The van der Waals surface area contributed by atoms with Crippen molar-refractivity contribution in [3.63, 3.8) is 0 Å². The first-order chi connectivity index (χ1) is 19.1. The molecule has 2 heterocycles. The van der Waals surface area contributed by atoms with E-state index in [1.165, 1.54) is 23.1 Å². The zero-order chi connectivity index (χ0) is 28.6. The van der Waals surface area contributed by atoms with Crippen LogP contribution < -0.4 is 16.0 Å². The molecule has 0 saturated carbocycles. The predicted molar refractivity (Wildman–Crippen MR) is 159 cm³/mol. The van der Waals surface area contributed by atoms with Crippen LogP contribution in [0.3, 0.4) is 0 Å². The highest BCUT2D eigenvalue weighted by Crippen LogP contribution is 2.50. The first-order valence-corrected chi connectivity index (χ1v) is 14.7. The number of thioether (sulfide) groups is 1. The van der Waals surface area contributed by atoms with Crippen molar-refractivity contribution in [2.75, 3.05) is 16.0 Å². The van der Waals surface area contributed by atoms with Gasteiger partial charge in [-0.05, 0) is 43.4 Å². The summed E-state index contributed by atoms with van der Waals surface area (Å²) in [7, 11) is 0. The average molecular weight is 571 g/mol. The number of ketones is 1. The number of hydrogen-bond acceptors (Lipinski definition) is 9. The molecule has 0 radical (unpaired) electrons. The molecule has 0 spiro atoms. The predicted octanol–water partition coefficient (Wildman–Crippen LogP) is 5.83. The Bertz CT molecular complexity index is 1600. The molecular weight excluding hydrogens is 541 g/mol. The van der Waals surface area contributed by atoms with E-state index < -0.39 is 5.92 Å². The number of nitrogens with zero attached hydrogens (tertiary/aromatic N) is 4. The number of amides is 1. The van der Waals surface area contributed by atoms with Gasteiger partial charge in [0.05, 0.1) is 23.3 Å². The lowest BCUT2D eigenvalue weighted by atomic mass is 9.68. The van der Waals surface area contributed by atoms with Crippen LogP contribution in [0.2, 0.25) is 0 Å². The molecule has 3 aromatic rings. The number of hydrogen-bond donors (Lipinski definition) is 2. The normalized spacial score (nSPS) is 18.4. The van der Waals surface area contributed by atoms with Gasteiger partial charge in [0.25, 0.3) is 0 Å². The number of carbonyl (C=O) groups excluding carboxylic acids is 2. The van der Waals surface area contributed by atoms with E-state index in [2.05, 4.69) is 35.4 Å². The Labute approximate surface area is 242 Å². The minimum Gasteiger partial charge on any atom is -0.384 e. The molecule has 204 valence electrons. The number of carbonyl (C=O) groups is 2. The standard InChI is InChI=1S/C30H30N6O2S2/c1-17-8-10-20(11-9-17)33-24(38)16-39-29-35-34-28(40-29)36-22-13-30(3,4)14-23(37)26(22)25(21(15-31)27(36)32)19-7-5-6-18(2)12-19/h5-12,25H,13-14,16,32H2,1-4H3,(H,33,38). The first-order valence-electron chi connectivity index (χ1n) is 12.9. The number of Topliss-reactive ketones (excluding diaryl/α,β-unsaturated/α-hetero) is 1. The quantitative estimate of drug-likeness (QED) is 0.355. The van der Waals surface area contributed by atoms with Crippen molar-refractivity contribution in [1.29, 1.82) is 5.26 Å². The summed E-state index contributed by atoms with van der Waals surface area (Å²) in [5.41, 5.74) is 11.9. The summed E-state index contributed by atoms with van der Waals surface area (Å²) in [6.45, 7) is 8.09. The van der Waals surface area contributed by atoms with E-state index in [9.17, 15) is 14.9 Å². The van der Waals surface area contributed by atoms with E-state index >= 15 is 0 Å². The fourth-order valence-electron chi connectivity index (χ4n) is 5.22. The lowest BCUT2D eigenvalue weighted by Crippen LogP contribution is -2.42. The average Bonchev–Trinajstić information content (AvgIpc) is 3.36. The molecule has 1 aliphatic heterocycles. The van der Waals surface area contributed by atoms with Crippen LogP contribution >= 0.6 is 23.1 Å².